The zero-order chi connectivity index (χ0) is 14.7. The number of aromatic nitrogens is 2. The van der Waals surface area contributed by atoms with E-state index in [2.05, 4.69) is 15.3 Å². The van der Waals surface area contributed by atoms with Crippen molar-refractivity contribution >= 4 is 11.6 Å². The van der Waals surface area contributed by atoms with Crippen molar-refractivity contribution in [3.05, 3.63) is 36.7 Å². The molecular weight excluding hydrogens is 266 g/mol. The molecule has 1 aromatic heterocycles. The minimum Gasteiger partial charge on any atom is -0.381 e. The van der Waals surface area contributed by atoms with Gasteiger partial charge >= 0.3 is 0 Å². The number of H-pyrrole nitrogens is 1. The number of carbonyl (C=O) groups is 1. The molecular formula is C16H19N3O2. The highest BCUT2D eigenvalue weighted by atomic mass is 16.5. The number of aromatic amines is 1. The Kier molecular flexibility index (Phi) is 3.75. The lowest BCUT2D eigenvalue weighted by Gasteiger charge is -2.32. The summed E-state index contributed by atoms with van der Waals surface area (Å²) >= 11 is 0. The van der Waals surface area contributed by atoms with Crippen LogP contribution in [-0.4, -0.2) is 29.1 Å². The monoisotopic (exact) mass is 285 g/mol. The van der Waals surface area contributed by atoms with Crippen LogP contribution in [0.25, 0.3) is 11.4 Å². The van der Waals surface area contributed by atoms with E-state index in [1.807, 2.05) is 31.2 Å². The van der Waals surface area contributed by atoms with Crippen LogP contribution in [0.4, 0.5) is 5.69 Å². The lowest BCUT2D eigenvalue weighted by atomic mass is 9.81. The summed E-state index contributed by atoms with van der Waals surface area (Å²) in [5.41, 5.74) is 1.40. The van der Waals surface area contributed by atoms with Gasteiger partial charge < -0.3 is 15.0 Å². The van der Waals surface area contributed by atoms with E-state index < -0.39 is 0 Å². The van der Waals surface area contributed by atoms with Gasteiger partial charge in [0.15, 0.2) is 0 Å². The number of hydrogen-bond acceptors (Lipinski definition) is 3. The van der Waals surface area contributed by atoms with E-state index in [0.717, 1.165) is 29.9 Å². The van der Waals surface area contributed by atoms with Gasteiger partial charge in [-0.1, -0.05) is 19.1 Å². The molecule has 2 N–H and O–H groups in total. The van der Waals surface area contributed by atoms with E-state index in [-0.39, 0.29) is 11.3 Å². The molecule has 1 aliphatic heterocycles. The van der Waals surface area contributed by atoms with E-state index in [9.17, 15) is 4.79 Å². The molecule has 2 aromatic rings. The maximum atomic E-state index is 12.5. The summed E-state index contributed by atoms with van der Waals surface area (Å²) in [6, 6.07) is 7.71. The average molecular weight is 285 g/mol. The fraction of sp³-hybridized carbons (Fsp3) is 0.375. The molecule has 110 valence electrons. The molecule has 3 rings (SSSR count). The third-order valence-corrected chi connectivity index (χ3v) is 4.04. The highest BCUT2D eigenvalue weighted by molar-refractivity contribution is 5.95. The van der Waals surface area contributed by atoms with Crippen LogP contribution in [0.15, 0.2) is 36.7 Å². The fourth-order valence-electron chi connectivity index (χ4n) is 2.50. The Labute approximate surface area is 123 Å². The standard InChI is InChI=1S/C16H19N3O2/c1-16(5-9-21-10-6-16)15(20)19-13-4-2-3-12(11-13)14-17-7-8-18-14/h2-4,7-8,11H,5-6,9-10H2,1H3,(H,17,18)(H,19,20). The van der Waals surface area contributed by atoms with Crippen LogP contribution in [0.1, 0.15) is 19.8 Å². The number of amides is 1. The van der Waals surface area contributed by atoms with Crippen molar-refractivity contribution in [2.75, 3.05) is 18.5 Å². The summed E-state index contributed by atoms with van der Waals surface area (Å²) in [5.74, 6) is 0.853. The molecule has 1 fully saturated rings. The van der Waals surface area contributed by atoms with Gasteiger partial charge in [0.05, 0.1) is 5.41 Å². The van der Waals surface area contributed by atoms with Crippen LogP contribution in [0.3, 0.4) is 0 Å². The van der Waals surface area contributed by atoms with Gasteiger partial charge in [0.25, 0.3) is 0 Å². The maximum absolute atomic E-state index is 12.5. The summed E-state index contributed by atoms with van der Waals surface area (Å²) in [4.78, 5) is 19.8. The molecule has 0 radical (unpaired) electrons. The number of rotatable bonds is 3. The summed E-state index contributed by atoms with van der Waals surface area (Å²) in [6.07, 6.45) is 5.01. The summed E-state index contributed by atoms with van der Waals surface area (Å²) in [7, 11) is 0. The zero-order valence-electron chi connectivity index (χ0n) is 12.1. The topological polar surface area (TPSA) is 67.0 Å². The largest absolute Gasteiger partial charge is 0.381 e. The highest BCUT2D eigenvalue weighted by Crippen LogP contribution is 2.31. The molecule has 1 amide bonds. The molecule has 1 aromatic carbocycles. The molecule has 0 unspecified atom stereocenters. The molecule has 1 saturated heterocycles. The lowest BCUT2D eigenvalue weighted by Crippen LogP contribution is -2.38. The molecule has 21 heavy (non-hydrogen) atoms. The van der Waals surface area contributed by atoms with Gasteiger partial charge in [-0.2, -0.15) is 0 Å². The van der Waals surface area contributed by atoms with Crippen LogP contribution in [0, 0.1) is 5.41 Å². The Bertz CT molecular complexity index is 616. The fourth-order valence-corrected chi connectivity index (χ4v) is 2.50. The van der Waals surface area contributed by atoms with Crippen molar-refractivity contribution in [2.24, 2.45) is 5.41 Å². The second-order valence-electron chi connectivity index (χ2n) is 5.65. The van der Waals surface area contributed by atoms with Gasteiger partial charge in [-0.15, -0.1) is 0 Å². The van der Waals surface area contributed by atoms with Gasteiger partial charge in [0, 0.05) is 36.9 Å². The number of carbonyl (C=O) groups excluding carboxylic acids is 1. The first-order valence-corrected chi connectivity index (χ1v) is 7.16. The number of nitrogens with one attached hydrogen (secondary N) is 2. The Hall–Kier alpha value is -2.14. The number of imidazole rings is 1. The number of benzene rings is 1. The average Bonchev–Trinajstić information content (AvgIpc) is 3.02. The molecule has 2 heterocycles. The first kappa shape index (κ1) is 13.8. The molecule has 0 bridgehead atoms. The summed E-state index contributed by atoms with van der Waals surface area (Å²) < 4.78 is 5.34. The first-order chi connectivity index (χ1) is 10.2. The normalized spacial score (nSPS) is 17.4. The van der Waals surface area contributed by atoms with Crippen LogP contribution in [-0.2, 0) is 9.53 Å². The third-order valence-electron chi connectivity index (χ3n) is 4.04. The number of ether oxygens (including phenoxy) is 1. The van der Waals surface area contributed by atoms with Gasteiger partial charge in [-0.3, -0.25) is 4.79 Å². The molecule has 0 saturated carbocycles. The molecule has 5 heteroatoms. The van der Waals surface area contributed by atoms with Crippen molar-refractivity contribution < 1.29 is 9.53 Å². The second-order valence-corrected chi connectivity index (χ2v) is 5.65. The summed E-state index contributed by atoms with van der Waals surface area (Å²) in [6.45, 7) is 3.30. The minimum absolute atomic E-state index is 0.0578. The summed E-state index contributed by atoms with van der Waals surface area (Å²) in [5, 5.41) is 3.02. The van der Waals surface area contributed by atoms with E-state index in [1.54, 1.807) is 12.4 Å². The van der Waals surface area contributed by atoms with Crippen molar-refractivity contribution in [3.8, 4) is 11.4 Å². The van der Waals surface area contributed by atoms with Crippen LogP contribution < -0.4 is 5.32 Å². The second kappa shape index (κ2) is 5.69. The van der Waals surface area contributed by atoms with Crippen molar-refractivity contribution in [1.29, 1.82) is 0 Å². The van der Waals surface area contributed by atoms with Crippen molar-refractivity contribution in [3.63, 3.8) is 0 Å². The molecule has 0 atom stereocenters. The highest BCUT2D eigenvalue weighted by Gasteiger charge is 2.35. The Morgan fingerprint density at radius 1 is 1.38 bits per heavy atom. The van der Waals surface area contributed by atoms with Gasteiger partial charge in [0.2, 0.25) is 5.91 Å². The quantitative estimate of drug-likeness (QED) is 0.911. The smallest absolute Gasteiger partial charge is 0.230 e. The maximum Gasteiger partial charge on any atom is 0.230 e. The predicted octanol–water partition coefficient (Wildman–Crippen LogP) is 2.83. The third kappa shape index (κ3) is 2.97. The number of nitrogens with zero attached hydrogens (tertiary/aromatic N) is 1. The predicted molar refractivity (Wildman–Crippen MR) is 80.8 cm³/mol. The lowest BCUT2D eigenvalue weighted by molar-refractivity contribution is -0.129. The molecule has 1 aliphatic rings. The number of anilines is 1. The Morgan fingerprint density at radius 2 is 2.19 bits per heavy atom. The number of hydrogen-bond donors (Lipinski definition) is 2. The van der Waals surface area contributed by atoms with Crippen LogP contribution in [0.5, 0.6) is 0 Å². The zero-order valence-corrected chi connectivity index (χ0v) is 12.1. The SMILES string of the molecule is CC1(C(=O)Nc2cccc(-c3ncc[nH]3)c2)CCOCC1. The van der Waals surface area contributed by atoms with E-state index in [4.69, 9.17) is 4.74 Å². The van der Waals surface area contributed by atoms with Crippen molar-refractivity contribution in [2.45, 2.75) is 19.8 Å². The Morgan fingerprint density at radius 3 is 2.90 bits per heavy atom. The van der Waals surface area contributed by atoms with E-state index in [1.165, 1.54) is 0 Å². The van der Waals surface area contributed by atoms with E-state index >= 15 is 0 Å². The van der Waals surface area contributed by atoms with Crippen LogP contribution in [0.2, 0.25) is 0 Å². The Balaban J connectivity index is 1.76. The molecule has 0 aliphatic carbocycles. The molecule has 0 spiro atoms. The first-order valence-electron chi connectivity index (χ1n) is 7.16. The van der Waals surface area contributed by atoms with Gasteiger partial charge in [-0.25, -0.2) is 4.98 Å². The van der Waals surface area contributed by atoms with Gasteiger partial charge in [0.1, 0.15) is 5.82 Å². The van der Waals surface area contributed by atoms with E-state index in [0.29, 0.717) is 13.2 Å². The minimum atomic E-state index is -0.348. The van der Waals surface area contributed by atoms with Crippen LogP contribution >= 0.6 is 0 Å². The van der Waals surface area contributed by atoms with Crippen molar-refractivity contribution in [1.82, 2.24) is 9.97 Å². The molecule has 5 nitrogen and oxygen atoms in total. The van der Waals surface area contributed by atoms with Gasteiger partial charge in [-0.05, 0) is 25.0 Å².